The van der Waals surface area contributed by atoms with Crippen molar-refractivity contribution in [3.63, 3.8) is 0 Å². The molecule has 1 heterocycles. The normalized spacial score (nSPS) is 10.7. The molecular weight excluding hydrogens is 250 g/mol. The third kappa shape index (κ3) is 2.45. The molecule has 4 nitrogen and oxygen atoms in total. The van der Waals surface area contributed by atoms with Crippen molar-refractivity contribution in [3.05, 3.63) is 54.2 Å². The number of hydrogen-bond donors (Lipinski definition) is 2. The van der Waals surface area contributed by atoms with Gasteiger partial charge in [-0.2, -0.15) is 5.10 Å². The van der Waals surface area contributed by atoms with Gasteiger partial charge in [0.05, 0.1) is 24.0 Å². The smallest absolute Gasteiger partial charge is 0.124 e. The van der Waals surface area contributed by atoms with Crippen molar-refractivity contribution in [3.8, 4) is 5.75 Å². The molecule has 2 aromatic carbocycles. The first kappa shape index (κ1) is 12.5. The SMILES string of the molecule is CCOc1ccccc1CNc1cccc2cn[nH]c12. The van der Waals surface area contributed by atoms with Crippen molar-refractivity contribution in [2.75, 3.05) is 11.9 Å². The lowest BCUT2D eigenvalue weighted by molar-refractivity contribution is 0.337. The maximum Gasteiger partial charge on any atom is 0.124 e. The lowest BCUT2D eigenvalue weighted by atomic mass is 10.2. The second-order valence-corrected chi connectivity index (χ2v) is 4.53. The summed E-state index contributed by atoms with van der Waals surface area (Å²) >= 11 is 0. The van der Waals surface area contributed by atoms with Crippen molar-refractivity contribution >= 4 is 16.6 Å². The van der Waals surface area contributed by atoms with E-state index in [-0.39, 0.29) is 0 Å². The van der Waals surface area contributed by atoms with Crippen molar-refractivity contribution in [1.29, 1.82) is 0 Å². The highest BCUT2D eigenvalue weighted by molar-refractivity contribution is 5.89. The summed E-state index contributed by atoms with van der Waals surface area (Å²) in [5.74, 6) is 0.930. The van der Waals surface area contributed by atoms with E-state index < -0.39 is 0 Å². The van der Waals surface area contributed by atoms with Gasteiger partial charge in [-0.1, -0.05) is 30.3 Å². The standard InChI is InChI=1S/C16H17N3O/c1-2-20-15-9-4-3-6-12(15)10-17-14-8-5-7-13-11-18-19-16(13)14/h3-9,11,17H,2,10H2,1H3,(H,18,19). The summed E-state index contributed by atoms with van der Waals surface area (Å²) < 4.78 is 5.64. The highest BCUT2D eigenvalue weighted by atomic mass is 16.5. The molecule has 0 aliphatic rings. The van der Waals surface area contributed by atoms with Gasteiger partial charge in [-0.15, -0.1) is 0 Å². The first-order chi connectivity index (χ1) is 9.88. The van der Waals surface area contributed by atoms with Crippen LogP contribution in [0, 0.1) is 0 Å². The van der Waals surface area contributed by atoms with Gasteiger partial charge in [0.25, 0.3) is 0 Å². The summed E-state index contributed by atoms with van der Waals surface area (Å²) in [4.78, 5) is 0. The van der Waals surface area contributed by atoms with E-state index in [9.17, 15) is 0 Å². The quantitative estimate of drug-likeness (QED) is 0.743. The number of fused-ring (bicyclic) bond motifs is 1. The fraction of sp³-hybridized carbons (Fsp3) is 0.188. The predicted molar refractivity (Wildman–Crippen MR) is 81.0 cm³/mol. The largest absolute Gasteiger partial charge is 0.494 e. The van der Waals surface area contributed by atoms with Crippen LogP contribution in [0.4, 0.5) is 5.69 Å². The molecule has 0 bridgehead atoms. The molecule has 0 aliphatic carbocycles. The van der Waals surface area contributed by atoms with Crippen LogP contribution in [0.3, 0.4) is 0 Å². The second kappa shape index (κ2) is 5.65. The zero-order valence-corrected chi connectivity index (χ0v) is 11.4. The Morgan fingerprint density at radius 1 is 1.15 bits per heavy atom. The Morgan fingerprint density at radius 2 is 2.05 bits per heavy atom. The number of hydrogen-bond acceptors (Lipinski definition) is 3. The van der Waals surface area contributed by atoms with Crippen LogP contribution in [-0.2, 0) is 6.54 Å². The highest BCUT2D eigenvalue weighted by Crippen LogP contribution is 2.23. The molecule has 4 heteroatoms. The lowest BCUT2D eigenvalue weighted by Gasteiger charge is -2.12. The number of rotatable bonds is 5. The number of nitrogens with zero attached hydrogens (tertiary/aromatic N) is 1. The van der Waals surface area contributed by atoms with E-state index in [2.05, 4.69) is 21.6 Å². The van der Waals surface area contributed by atoms with Gasteiger partial charge in [0.1, 0.15) is 5.75 Å². The first-order valence-corrected chi connectivity index (χ1v) is 6.75. The van der Waals surface area contributed by atoms with Gasteiger partial charge < -0.3 is 10.1 Å². The maximum atomic E-state index is 5.64. The molecule has 2 N–H and O–H groups in total. The summed E-state index contributed by atoms with van der Waals surface area (Å²) in [5.41, 5.74) is 3.22. The molecule has 0 amide bonds. The molecule has 0 aliphatic heterocycles. The van der Waals surface area contributed by atoms with E-state index >= 15 is 0 Å². The molecule has 0 fully saturated rings. The van der Waals surface area contributed by atoms with Crippen molar-refractivity contribution in [1.82, 2.24) is 10.2 Å². The molecule has 0 unspecified atom stereocenters. The van der Waals surface area contributed by atoms with Crippen LogP contribution in [0.25, 0.3) is 10.9 Å². The summed E-state index contributed by atoms with van der Waals surface area (Å²) in [6.07, 6.45) is 1.83. The molecule has 0 atom stereocenters. The molecule has 0 spiro atoms. The van der Waals surface area contributed by atoms with E-state index in [0.29, 0.717) is 13.2 Å². The summed E-state index contributed by atoms with van der Waals surface area (Å²) in [6.45, 7) is 3.39. The van der Waals surface area contributed by atoms with Crippen LogP contribution in [0.1, 0.15) is 12.5 Å². The molecule has 20 heavy (non-hydrogen) atoms. The summed E-state index contributed by atoms with van der Waals surface area (Å²) in [7, 11) is 0. The van der Waals surface area contributed by atoms with Crippen molar-refractivity contribution in [2.24, 2.45) is 0 Å². The topological polar surface area (TPSA) is 49.9 Å². The number of nitrogens with one attached hydrogen (secondary N) is 2. The third-order valence-electron chi connectivity index (χ3n) is 3.22. The zero-order valence-electron chi connectivity index (χ0n) is 11.4. The van der Waals surface area contributed by atoms with E-state index in [4.69, 9.17) is 4.74 Å². The van der Waals surface area contributed by atoms with Gasteiger partial charge in [0.15, 0.2) is 0 Å². The van der Waals surface area contributed by atoms with Crippen LogP contribution in [0.5, 0.6) is 5.75 Å². The number of H-pyrrole nitrogens is 1. The molecule has 3 aromatic rings. The fourth-order valence-electron chi connectivity index (χ4n) is 2.25. The van der Waals surface area contributed by atoms with Gasteiger partial charge in [0, 0.05) is 17.5 Å². The summed E-state index contributed by atoms with van der Waals surface area (Å²) in [5, 5.41) is 11.6. The molecule has 1 aromatic heterocycles. The lowest BCUT2D eigenvalue weighted by Crippen LogP contribution is -2.03. The Labute approximate surface area is 117 Å². The number of anilines is 1. The minimum absolute atomic E-state index is 0.674. The Hall–Kier alpha value is -2.49. The van der Waals surface area contributed by atoms with E-state index in [0.717, 1.165) is 27.9 Å². The van der Waals surface area contributed by atoms with Crippen LogP contribution in [-0.4, -0.2) is 16.8 Å². The first-order valence-electron chi connectivity index (χ1n) is 6.75. The van der Waals surface area contributed by atoms with E-state index in [1.54, 1.807) is 0 Å². The van der Waals surface area contributed by atoms with Gasteiger partial charge in [-0.05, 0) is 19.1 Å². The van der Waals surface area contributed by atoms with E-state index in [1.807, 2.05) is 49.5 Å². The van der Waals surface area contributed by atoms with Crippen LogP contribution in [0.15, 0.2) is 48.7 Å². The number of ether oxygens (including phenoxy) is 1. The minimum atomic E-state index is 0.674. The van der Waals surface area contributed by atoms with Crippen molar-refractivity contribution in [2.45, 2.75) is 13.5 Å². The Balaban J connectivity index is 1.81. The van der Waals surface area contributed by atoms with Gasteiger partial charge in [-0.25, -0.2) is 0 Å². The molecule has 0 saturated carbocycles. The van der Waals surface area contributed by atoms with Crippen LogP contribution < -0.4 is 10.1 Å². The molecule has 0 radical (unpaired) electrons. The van der Waals surface area contributed by atoms with E-state index in [1.165, 1.54) is 0 Å². The molecule has 102 valence electrons. The minimum Gasteiger partial charge on any atom is -0.494 e. The van der Waals surface area contributed by atoms with Gasteiger partial charge >= 0.3 is 0 Å². The van der Waals surface area contributed by atoms with Crippen LogP contribution >= 0.6 is 0 Å². The van der Waals surface area contributed by atoms with Crippen LogP contribution in [0.2, 0.25) is 0 Å². The Bertz CT molecular complexity index is 706. The van der Waals surface area contributed by atoms with Gasteiger partial charge in [0.2, 0.25) is 0 Å². The monoisotopic (exact) mass is 267 g/mol. The Kier molecular flexibility index (Phi) is 3.54. The molecule has 0 saturated heterocycles. The van der Waals surface area contributed by atoms with Gasteiger partial charge in [-0.3, -0.25) is 5.10 Å². The Morgan fingerprint density at radius 3 is 2.95 bits per heavy atom. The second-order valence-electron chi connectivity index (χ2n) is 4.53. The highest BCUT2D eigenvalue weighted by Gasteiger charge is 2.05. The molecule has 3 rings (SSSR count). The summed E-state index contributed by atoms with van der Waals surface area (Å²) in [6, 6.07) is 14.2. The van der Waals surface area contributed by atoms with Crippen molar-refractivity contribution < 1.29 is 4.74 Å². The maximum absolute atomic E-state index is 5.64. The average Bonchev–Trinajstić information content (AvgIpc) is 2.96. The predicted octanol–water partition coefficient (Wildman–Crippen LogP) is 3.57. The number of benzene rings is 2. The number of aromatic nitrogens is 2. The number of para-hydroxylation sites is 2. The third-order valence-corrected chi connectivity index (χ3v) is 3.22. The number of aromatic amines is 1. The zero-order chi connectivity index (χ0) is 13.8. The average molecular weight is 267 g/mol. The molecular formula is C16H17N3O. The fourth-order valence-corrected chi connectivity index (χ4v) is 2.25.